The zero-order chi connectivity index (χ0) is 17.0. The van der Waals surface area contributed by atoms with E-state index in [1.807, 2.05) is 6.92 Å². The van der Waals surface area contributed by atoms with Crippen LogP contribution in [0.4, 0.5) is 4.39 Å². The maximum atomic E-state index is 13.9. The van der Waals surface area contributed by atoms with Gasteiger partial charge in [0, 0.05) is 18.4 Å². The normalized spacial score (nSPS) is 13.4. The fourth-order valence-electron chi connectivity index (χ4n) is 2.44. The van der Waals surface area contributed by atoms with Crippen molar-refractivity contribution in [2.75, 3.05) is 0 Å². The summed E-state index contributed by atoms with van der Waals surface area (Å²) in [6, 6.07) is 2.93. The molecule has 0 aliphatic heterocycles. The lowest BCUT2D eigenvalue weighted by molar-refractivity contribution is -0.134. The van der Waals surface area contributed by atoms with Crippen molar-refractivity contribution in [3.63, 3.8) is 0 Å². The number of Topliss-reactive ketones (excluding diaryl/α,β-unsaturated/α-hetero) is 1. The van der Waals surface area contributed by atoms with Crippen molar-refractivity contribution < 1.29 is 18.7 Å². The van der Waals surface area contributed by atoms with Crippen molar-refractivity contribution in [2.45, 2.75) is 41.0 Å². The molecule has 1 aromatic carbocycles. The van der Waals surface area contributed by atoms with Crippen LogP contribution in [0.25, 0.3) is 5.76 Å². The molecule has 0 radical (unpaired) electrons. The number of ketones is 1. The number of carbonyl (C=O) groups is 2. The molecule has 1 atom stereocenters. The first-order chi connectivity index (χ1) is 10.2. The molecule has 1 unspecified atom stereocenters. The van der Waals surface area contributed by atoms with Crippen molar-refractivity contribution in [3.05, 3.63) is 39.1 Å². The molecule has 0 spiro atoms. The lowest BCUT2D eigenvalue weighted by Crippen LogP contribution is -2.15. The van der Waals surface area contributed by atoms with E-state index in [-0.39, 0.29) is 17.5 Å². The predicted octanol–water partition coefficient (Wildman–Crippen LogP) is 4.81. The molecule has 5 heteroatoms. The van der Waals surface area contributed by atoms with Gasteiger partial charge in [-0.15, -0.1) is 0 Å². The first kappa shape index (κ1) is 18.6. The van der Waals surface area contributed by atoms with Crippen LogP contribution < -0.4 is 0 Å². The van der Waals surface area contributed by atoms with Crippen molar-refractivity contribution in [2.24, 2.45) is 5.92 Å². The molecule has 3 nitrogen and oxygen atoms in total. The Labute approximate surface area is 138 Å². The van der Waals surface area contributed by atoms with Crippen LogP contribution >= 0.6 is 15.9 Å². The predicted molar refractivity (Wildman–Crippen MR) is 87.7 cm³/mol. The highest BCUT2D eigenvalue weighted by atomic mass is 79.9. The van der Waals surface area contributed by atoms with Gasteiger partial charge in [-0.25, -0.2) is 4.39 Å². The Morgan fingerprint density at radius 1 is 1.27 bits per heavy atom. The quantitative estimate of drug-likeness (QED) is 0.551. The highest BCUT2D eigenvalue weighted by Crippen LogP contribution is 2.32. The van der Waals surface area contributed by atoms with Crippen LogP contribution in [0.15, 0.2) is 22.2 Å². The maximum absolute atomic E-state index is 13.9. The summed E-state index contributed by atoms with van der Waals surface area (Å²) in [7, 11) is 0. The van der Waals surface area contributed by atoms with E-state index in [0.717, 1.165) is 5.56 Å². The number of hydrogen-bond acceptors (Lipinski definition) is 3. The van der Waals surface area contributed by atoms with E-state index in [2.05, 4.69) is 15.9 Å². The van der Waals surface area contributed by atoms with Crippen molar-refractivity contribution >= 4 is 33.4 Å². The second kappa shape index (κ2) is 7.68. The second-order valence-electron chi connectivity index (χ2n) is 5.26. The van der Waals surface area contributed by atoms with Gasteiger partial charge in [-0.3, -0.25) is 9.59 Å². The largest absolute Gasteiger partial charge is 0.426 e. The lowest BCUT2D eigenvalue weighted by atomic mass is 9.90. The monoisotopic (exact) mass is 370 g/mol. The Balaban J connectivity index is 3.56. The van der Waals surface area contributed by atoms with E-state index in [9.17, 15) is 14.0 Å². The Morgan fingerprint density at radius 3 is 2.32 bits per heavy atom. The van der Waals surface area contributed by atoms with E-state index in [4.69, 9.17) is 4.74 Å². The molecular weight excluding hydrogens is 351 g/mol. The first-order valence-corrected chi connectivity index (χ1v) is 7.83. The van der Waals surface area contributed by atoms with Gasteiger partial charge in [-0.2, -0.15) is 0 Å². The molecule has 22 heavy (non-hydrogen) atoms. The molecule has 0 saturated carbocycles. The molecule has 1 rings (SSSR count). The minimum atomic E-state index is -0.504. The van der Waals surface area contributed by atoms with Crippen LogP contribution in [0.1, 0.15) is 45.2 Å². The number of aryl methyl sites for hydroxylation is 1. The smallest absolute Gasteiger partial charge is 0.308 e. The topological polar surface area (TPSA) is 43.4 Å². The number of benzene rings is 1. The van der Waals surface area contributed by atoms with E-state index < -0.39 is 11.8 Å². The summed E-state index contributed by atoms with van der Waals surface area (Å²) in [5, 5.41) is 0. The summed E-state index contributed by atoms with van der Waals surface area (Å²) in [6.07, 6.45) is 0.587. The van der Waals surface area contributed by atoms with Crippen LogP contribution in [-0.2, 0) is 14.3 Å². The minimum absolute atomic E-state index is 0.0140. The minimum Gasteiger partial charge on any atom is -0.426 e. The van der Waals surface area contributed by atoms with Gasteiger partial charge >= 0.3 is 5.97 Å². The van der Waals surface area contributed by atoms with Crippen molar-refractivity contribution in [1.82, 2.24) is 0 Å². The van der Waals surface area contributed by atoms with Gasteiger partial charge in [0.1, 0.15) is 17.4 Å². The molecule has 0 heterocycles. The summed E-state index contributed by atoms with van der Waals surface area (Å²) in [5.74, 6) is -1.07. The third-order valence-corrected chi connectivity index (χ3v) is 4.15. The summed E-state index contributed by atoms with van der Waals surface area (Å²) < 4.78 is 19.5. The fourth-order valence-corrected chi connectivity index (χ4v) is 2.90. The van der Waals surface area contributed by atoms with Gasteiger partial charge in [-0.05, 0) is 66.4 Å². The van der Waals surface area contributed by atoms with E-state index in [1.54, 1.807) is 19.9 Å². The summed E-state index contributed by atoms with van der Waals surface area (Å²) in [4.78, 5) is 23.2. The summed E-state index contributed by atoms with van der Waals surface area (Å²) in [6.45, 7) is 8.21. The number of hydrogen-bond donors (Lipinski definition) is 0. The molecule has 0 amide bonds. The SMILES string of the molecule is CCC(C(C)=O)C(C)=C(OC(C)=O)c1cc(F)c(Br)cc1C. The number of ether oxygens (including phenoxy) is 1. The van der Waals surface area contributed by atoms with Crippen LogP contribution in [-0.4, -0.2) is 11.8 Å². The molecule has 0 aliphatic rings. The van der Waals surface area contributed by atoms with Crippen molar-refractivity contribution in [3.8, 4) is 0 Å². The molecular formula is C17H20BrFO3. The zero-order valence-corrected chi connectivity index (χ0v) is 15.0. The lowest BCUT2D eigenvalue weighted by Gasteiger charge is -2.19. The molecule has 0 saturated heterocycles. The number of rotatable bonds is 5. The Kier molecular flexibility index (Phi) is 6.48. The van der Waals surface area contributed by atoms with Crippen molar-refractivity contribution in [1.29, 1.82) is 0 Å². The molecule has 0 bridgehead atoms. The van der Waals surface area contributed by atoms with Gasteiger partial charge in [-0.1, -0.05) is 6.92 Å². The average Bonchev–Trinajstić information content (AvgIpc) is 2.40. The highest BCUT2D eigenvalue weighted by molar-refractivity contribution is 9.10. The number of carbonyl (C=O) groups excluding carboxylic acids is 2. The number of halogens is 2. The van der Waals surface area contributed by atoms with Gasteiger partial charge in [0.2, 0.25) is 0 Å². The van der Waals surface area contributed by atoms with Crippen LogP contribution in [0, 0.1) is 18.7 Å². The third kappa shape index (κ3) is 4.26. The molecule has 120 valence electrons. The van der Waals surface area contributed by atoms with E-state index in [0.29, 0.717) is 22.0 Å². The van der Waals surface area contributed by atoms with Crippen LogP contribution in [0.2, 0.25) is 0 Å². The Hall–Kier alpha value is -1.49. The van der Waals surface area contributed by atoms with Crippen LogP contribution in [0.5, 0.6) is 0 Å². The summed E-state index contributed by atoms with van der Waals surface area (Å²) >= 11 is 3.13. The van der Waals surface area contributed by atoms with Gasteiger partial charge < -0.3 is 4.74 Å². The average molecular weight is 371 g/mol. The zero-order valence-electron chi connectivity index (χ0n) is 13.4. The molecule has 0 aliphatic carbocycles. The molecule has 0 N–H and O–H groups in total. The Morgan fingerprint density at radius 2 is 1.86 bits per heavy atom. The first-order valence-electron chi connectivity index (χ1n) is 7.04. The fraction of sp³-hybridized carbons (Fsp3) is 0.412. The van der Waals surface area contributed by atoms with Gasteiger partial charge in [0.25, 0.3) is 0 Å². The maximum Gasteiger partial charge on any atom is 0.308 e. The Bertz CT molecular complexity index is 635. The van der Waals surface area contributed by atoms with Crippen LogP contribution in [0.3, 0.4) is 0 Å². The van der Waals surface area contributed by atoms with E-state index in [1.165, 1.54) is 19.9 Å². The number of esters is 1. The van der Waals surface area contributed by atoms with E-state index >= 15 is 0 Å². The molecule has 0 aromatic heterocycles. The van der Waals surface area contributed by atoms with Gasteiger partial charge in [0.15, 0.2) is 0 Å². The molecule has 1 aromatic rings. The summed E-state index contributed by atoms with van der Waals surface area (Å²) in [5.41, 5.74) is 1.87. The highest BCUT2D eigenvalue weighted by Gasteiger charge is 2.22. The number of allylic oxidation sites excluding steroid dienone is 1. The van der Waals surface area contributed by atoms with Gasteiger partial charge in [0.05, 0.1) is 4.47 Å². The third-order valence-electron chi connectivity index (χ3n) is 3.54. The molecule has 0 fully saturated rings. The second-order valence-corrected chi connectivity index (χ2v) is 6.11. The standard InChI is InChI=1S/C17H20BrFO3/c1-6-13(11(4)20)10(3)17(22-12(5)21)14-8-16(19)15(18)7-9(14)2/h7-8,13H,6H2,1-5H3.